The van der Waals surface area contributed by atoms with Gasteiger partial charge in [-0.25, -0.2) is 0 Å². The molecule has 2 N–H and O–H groups in total. The molecule has 0 saturated carbocycles. The molecule has 0 fully saturated rings. The Morgan fingerprint density at radius 3 is 2.93 bits per heavy atom. The third kappa shape index (κ3) is 2.61. The highest BCUT2D eigenvalue weighted by atomic mass is 35.5. The number of halogens is 1. The maximum absolute atomic E-state index is 5.95. The van der Waals surface area contributed by atoms with Gasteiger partial charge in [-0.15, -0.1) is 0 Å². The fraction of sp³-hybridized carbons (Fsp3) is 0.100. The zero-order chi connectivity index (χ0) is 10.7. The van der Waals surface area contributed by atoms with Gasteiger partial charge in [0.1, 0.15) is 12.4 Å². The summed E-state index contributed by atoms with van der Waals surface area (Å²) in [6, 6.07) is 7.08. The number of anilines is 1. The van der Waals surface area contributed by atoms with E-state index in [0.717, 1.165) is 5.69 Å². The van der Waals surface area contributed by atoms with Crippen molar-refractivity contribution in [3.8, 4) is 5.75 Å². The normalized spacial score (nSPS) is 10.2. The Balaban J connectivity index is 2.05. The van der Waals surface area contributed by atoms with Gasteiger partial charge >= 0.3 is 0 Å². The Kier molecular flexibility index (Phi) is 3.08. The van der Waals surface area contributed by atoms with Crippen LogP contribution in [0.2, 0.25) is 5.02 Å². The molecule has 0 radical (unpaired) electrons. The SMILES string of the molecule is Nc1ccc(OCc2ccsn2)c(Cl)c1. The molecule has 0 atom stereocenters. The average Bonchev–Trinajstić information content (AvgIpc) is 2.69. The summed E-state index contributed by atoms with van der Waals surface area (Å²) in [5, 5.41) is 2.42. The molecule has 0 spiro atoms. The second kappa shape index (κ2) is 4.51. The Bertz CT molecular complexity index is 445. The number of ether oxygens (including phenoxy) is 1. The fourth-order valence-electron chi connectivity index (χ4n) is 1.10. The molecule has 0 aliphatic rings. The second-order valence-electron chi connectivity index (χ2n) is 2.97. The predicted molar refractivity (Wildman–Crippen MR) is 62.3 cm³/mol. The summed E-state index contributed by atoms with van der Waals surface area (Å²) in [6.07, 6.45) is 0. The number of nitrogen functional groups attached to an aromatic ring is 1. The molecule has 0 amide bonds. The first-order valence-electron chi connectivity index (χ1n) is 4.33. The number of benzene rings is 1. The summed E-state index contributed by atoms with van der Waals surface area (Å²) in [7, 11) is 0. The van der Waals surface area contributed by atoms with E-state index in [1.165, 1.54) is 11.5 Å². The molecule has 2 rings (SSSR count). The summed E-state index contributed by atoms with van der Waals surface area (Å²) in [6.45, 7) is 0.424. The summed E-state index contributed by atoms with van der Waals surface area (Å²) < 4.78 is 9.62. The maximum atomic E-state index is 5.95. The molecule has 78 valence electrons. The molecule has 0 unspecified atom stereocenters. The van der Waals surface area contributed by atoms with Gasteiger partial charge < -0.3 is 10.5 Å². The lowest BCUT2D eigenvalue weighted by Crippen LogP contribution is -1.96. The van der Waals surface area contributed by atoms with Crippen LogP contribution in [0.15, 0.2) is 29.6 Å². The van der Waals surface area contributed by atoms with E-state index in [0.29, 0.717) is 23.1 Å². The van der Waals surface area contributed by atoms with Crippen molar-refractivity contribution >= 4 is 28.8 Å². The molecule has 1 heterocycles. The van der Waals surface area contributed by atoms with E-state index in [4.69, 9.17) is 22.1 Å². The van der Waals surface area contributed by atoms with Crippen molar-refractivity contribution in [2.24, 2.45) is 0 Å². The average molecular weight is 241 g/mol. The molecule has 0 aliphatic carbocycles. The van der Waals surface area contributed by atoms with Crippen LogP contribution in [-0.2, 0) is 6.61 Å². The first kappa shape index (κ1) is 10.3. The highest BCUT2D eigenvalue weighted by Gasteiger charge is 2.02. The molecule has 0 aliphatic heterocycles. The van der Waals surface area contributed by atoms with Gasteiger partial charge in [-0.2, -0.15) is 4.37 Å². The zero-order valence-electron chi connectivity index (χ0n) is 7.81. The van der Waals surface area contributed by atoms with Crippen molar-refractivity contribution in [3.05, 3.63) is 40.4 Å². The summed E-state index contributed by atoms with van der Waals surface area (Å²) >= 11 is 7.35. The summed E-state index contributed by atoms with van der Waals surface area (Å²) in [5.41, 5.74) is 7.09. The van der Waals surface area contributed by atoms with E-state index in [1.807, 2.05) is 11.4 Å². The molecular formula is C10H9ClN2OS. The van der Waals surface area contributed by atoms with Crippen LogP contribution in [0, 0.1) is 0 Å². The third-order valence-electron chi connectivity index (χ3n) is 1.82. The molecular weight excluding hydrogens is 232 g/mol. The maximum Gasteiger partial charge on any atom is 0.138 e. The number of hydrogen-bond donors (Lipinski definition) is 1. The number of aromatic nitrogens is 1. The van der Waals surface area contributed by atoms with E-state index in [1.54, 1.807) is 18.2 Å². The number of nitrogens with two attached hydrogens (primary N) is 1. The van der Waals surface area contributed by atoms with Gasteiger partial charge in [-0.3, -0.25) is 0 Å². The predicted octanol–water partition coefficient (Wildman–Crippen LogP) is 2.96. The monoisotopic (exact) mass is 240 g/mol. The van der Waals surface area contributed by atoms with Crippen molar-refractivity contribution < 1.29 is 4.74 Å². The van der Waals surface area contributed by atoms with Crippen LogP contribution in [0.4, 0.5) is 5.69 Å². The molecule has 3 nitrogen and oxygen atoms in total. The van der Waals surface area contributed by atoms with Crippen molar-refractivity contribution in [2.75, 3.05) is 5.73 Å². The lowest BCUT2D eigenvalue weighted by molar-refractivity contribution is 0.303. The minimum absolute atomic E-state index is 0.424. The van der Waals surface area contributed by atoms with E-state index in [2.05, 4.69) is 4.37 Å². The van der Waals surface area contributed by atoms with Gasteiger partial charge in [0, 0.05) is 11.1 Å². The zero-order valence-corrected chi connectivity index (χ0v) is 9.39. The van der Waals surface area contributed by atoms with Crippen LogP contribution in [-0.4, -0.2) is 4.37 Å². The second-order valence-corrected chi connectivity index (χ2v) is 4.04. The first-order chi connectivity index (χ1) is 7.25. The third-order valence-corrected chi connectivity index (χ3v) is 2.72. The van der Waals surface area contributed by atoms with Crippen LogP contribution in [0.3, 0.4) is 0 Å². The number of hydrogen-bond acceptors (Lipinski definition) is 4. The van der Waals surface area contributed by atoms with E-state index >= 15 is 0 Å². The largest absolute Gasteiger partial charge is 0.486 e. The van der Waals surface area contributed by atoms with E-state index in [9.17, 15) is 0 Å². The summed E-state index contributed by atoms with van der Waals surface area (Å²) in [4.78, 5) is 0. The van der Waals surface area contributed by atoms with E-state index in [-0.39, 0.29) is 0 Å². The smallest absolute Gasteiger partial charge is 0.138 e. The molecule has 1 aromatic heterocycles. The molecule has 15 heavy (non-hydrogen) atoms. The van der Waals surface area contributed by atoms with Crippen LogP contribution in [0.25, 0.3) is 0 Å². The van der Waals surface area contributed by atoms with Gasteiger partial charge in [0.15, 0.2) is 0 Å². The first-order valence-corrected chi connectivity index (χ1v) is 5.54. The molecule has 0 bridgehead atoms. The van der Waals surface area contributed by atoms with Gasteiger partial charge in [0.05, 0.1) is 10.7 Å². The van der Waals surface area contributed by atoms with Crippen molar-refractivity contribution in [1.29, 1.82) is 0 Å². The molecule has 0 saturated heterocycles. The van der Waals surface area contributed by atoms with Gasteiger partial charge in [-0.05, 0) is 35.8 Å². The van der Waals surface area contributed by atoms with Crippen LogP contribution >= 0.6 is 23.1 Å². The molecule has 1 aromatic carbocycles. The van der Waals surface area contributed by atoms with Gasteiger partial charge in [-0.1, -0.05) is 11.6 Å². The standard InChI is InChI=1S/C10H9ClN2OS/c11-9-5-7(12)1-2-10(9)14-6-8-3-4-15-13-8/h1-5H,6,12H2. The topological polar surface area (TPSA) is 48.1 Å². The minimum Gasteiger partial charge on any atom is -0.486 e. The van der Waals surface area contributed by atoms with E-state index < -0.39 is 0 Å². The van der Waals surface area contributed by atoms with Gasteiger partial charge in [0.25, 0.3) is 0 Å². The highest BCUT2D eigenvalue weighted by Crippen LogP contribution is 2.26. The van der Waals surface area contributed by atoms with Gasteiger partial charge in [0.2, 0.25) is 0 Å². The Morgan fingerprint density at radius 1 is 1.40 bits per heavy atom. The van der Waals surface area contributed by atoms with Crippen LogP contribution < -0.4 is 10.5 Å². The lowest BCUT2D eigenvalue weighted by atomic mass is 10.3. The molecule has 2 aromatic rings. The Morgan fingerprint density at radius 2 is 2.27 bits per heavy atom. The minimum atomic E-state index is 0.424. The Hall–Kier alpha value is -1.26. The van der Waals surface area contributed by atoms with Crippen LogP contribution in [0.5, 0.6) is 5.75 Å². The fourth-order valence-corrected chi connectivity index (χ4v) is 1.87. The number of rotatable bonds is 3. The van der Waals surface area contributed by atoms with Crippen molar-refractivity contribution in [3.63, 3.8) is 0 Å². The lowest BCUT2D eigenvalue weighted by Gasteiger charge is -2.06. The molecule has 5 heteroatoms. The highest BCUT2D eigenvalue weighted by molar-refractivity contribution is 7.03. The Labute approximate surface area is 96.6 Å². The van der Waals surface area contributed by atoms with Crippen molar-refractivity contribution in [1.82, 2.24) is 4.37 Å². The van der Waals surface area contributed by atoms with Crippen LogP contribution in [0.1, 0.15) is 5.69 Å². The summed E-state index contributed by atoms with van der Waals surface area (Å²) in [5.74, 6) is 0.624. The quantitative estimate of drug-likeness (QED) is 0.840. The van der Waals surface area contributed by atoms with Crippen molar-refractivity contribution in [2.45, 2.75) is 6.61 Å². The number of nitrogens with zero attached hydrogens (tertiary/aromatic N) is 1.